The van der Waals surface area contributed by atoms with E-state index in [9.17, 15) is 4.79 Å². The molecule has 15 heavy (non-hydrogen) atoms. The molecule has 1 saturated carbocycles. The van der Waals surface area contributed by atoms with Crippen molar-refractivity contribution < 1.29 is 9.90 Å². The highest BCUT2D eigenvalue weighted by Crippen LogP contribution is 2.44. The molecule has 0 aromatic rings. The number of amides is 1. The van der Waals surface area contributed by atoms with Crippen LogP contribution in [0, 0.1) is 5.41 Å². The van der Waals surface area contributed by atoms with E-state index in [2.05, 4.69) is 10.6 Å². The van der Waals surface area contributed by atoms with Gasteiger partial charge in [0.05, 0.1) is 12.1 Å². The molecule has 0 aromatic carbocycles. The van der Waals surface area contributed by atoms with E-state index in [1.54, 1.807) is 0 Å². The Labute approximate surface area is 91.4 Å². The first-order valence-corrected chi connectivity index (χ1v) is 5.60. The summed E-state index contributed by atoms with van der Waals surface area (Å²) in [5, 5.41) is 15.1. The van der Waals surface area contributed by atoms with Crippen molar-refractivity contribution in [3.63, 3.8) is 0 Å². The molecule has 0 aromatic heterocycles. The van der Waals surface area contributed by atoms with Crippen LogP contribution in [-0.2, 0) is 4.79 Å². The van der Waals surface area contributed by atoms with Gasteiger partial charge in [-0.1, -0.05) is 6.92 Å². The Kier molecular flexibility index (Phi) is 3.73. The second kappa shape index (κ2) is 4.49. The topological polar surface area (TPSA) is 61.4 Å². The fraction of sp³-hybridized carbons (Fsp3) is 0.909. The molecule has 0 saturated heterocycles. The van der Waals surface area contributed by atoms with E-state index in [1.807, 2.05) is 20.8 Å². The zero-order chi connectivity index (χ0) is 11.5. The second-order valence-electron chi connectivity index (χ2n) is 5.00. The summed E-state index contributed by atoms with van der Waals surface area (Å²) < 4.78 is 0. The first-order chi connectivity index (χ1) is 6.96. The van der Waals surface area contributed by atoms with Crippen LogP contribution in [-0.4, -0.2) is 36.2 Å². The first kappa shape index (κ1) is 12.5. The van der Waals surface area contributed by atoms with Gasteiger partial charge in [0.1, 0.15) is 0 Å². The number of rotatable bonds is 6. The van der Waals surface area contributed by atoms with Gasteiger partial charge in [0.15, 0.2) is 0 Å². The van der Waals surface area contributed by atoms with Gasteiger partial charge in [-0.3, -0.25) is 4.79 Å². The molecular weight excluding hydrogens is 192 g/mol. The smallest absolute Gasteiger partial charge is 0.239 e. The Balaban J connectivity index is 2.35. The van der Waals surface area contributed by atoms with Gasteiger partial charge in [-0.15, -0.1) is 0 Å². The number of nitrogens with one attached hydrogen (secondary N) is 2. The molecule has 4 nitrogen and oxygen atoms in total. The predicted molar refractivity (Wildman–Crippen MR) is 59.5 cm³/mol. The minimum absolute atomic E-state index is 0.00377. The van der Waals surface area contributed by atoms with Crippen molar-refractivity contribution in [2.75, 3.05) is 19.7 Å². The zero-order valence-electron chi connectivity index (χ0n) is 9.89. The maximum Gasteiger partial charge on any atom is 0.239 e. The van der Waals surface area contributed by atoms with Gasteiger partial charge in [0, 0.05) is 12.0 Å². The van der Waals surface area contributed by atoms with Crippen LogP contribution in [0.3, 0.4) is 0 Å². The Hall–Kier alpha value is -0.610. The van der Waals surface area contributed by atoms with Crippen LogP contribution < -0.4 is 10.6 Å². The van der Waals surface area contributed by atoms with Crippen molar-refractivity contribution >= 4 is 5.91 Å². The van der Waals surface area contributed by atoms with Crippen LogP contribution in [0.25, 0.3) is 0 Å². The van der Waals surface area contributed by atoms with E-state index in [1.165, 1.54) is 0 Å². The standard InChI is InChI=1S/C11H22N2O2/c1-4-13-10(2,3)9(15)12-7-11(8-14)5-6-11/h13-14H,4-8H2,1-3H3,(H,12,15). The number of aliphatic hydroxyl groups is 1. The van der Waals surface area contributed by atoms with Gasteiger partial charge in [-0.2, -0.15) is 0 Å². The van der Waals surface area contributed by atoms with Crippen LogP contribution in [0.1, 0.15) is 33.6 Å². The average molecular weight is 214 g/mol. The largest absolute Gasteiger partial charge is 0.396 e. The maximum atomic E-state index is 11.8. The molecule has 1 aliphatic rings. The third-order valence-electron chi connectivity index (χ3n) is 3.10. The van der Waals surface area contributed by atoms with E-state index in [0.29, 0.717) is 6.54 Å². The van der Waals surface area contributed by atoms with E-state index in [-0.39, 0.29) is 17.9 Å². The molecule has 1 aliphatic carbocycles. The highest BCUT2D eigenvalue weighted by atomic mass is 16.3. The van der Waals surface area contributed by atoms with Gasteiger partial charge in [0.2, 0.25) is 5.91 Å². The van der Waals surface area contributed by atoms with Crippen molar-refractivity contribution in [2.45, 2.75) is 39.2 Å². The lowest BCUT2D eigenvalue weighted by molar-refractivity contribution is -0.126. The van der Waals surface area contributed by atoms with Crippen LogP contribution >= 0.6 is 0 Å². The van der Waals surface area contributed by atoms with Crippen LogP contribution in [0.15, 0.2) is 0 Å². The Bertz CT molecular complexity index is 235. The Morgan fingerprint density at radius 3 is 2.47 bits per heavy atom. The van der Waals surface area contributed by atoms with Gasteiger partial charge in [-0.05, 0) is 33.2 Å². The normalized spacial score (nSPS) is 18.7. The molecule has 88 valence electrons. The summed E-state index contributed by atoms with van der Waals surface area (Å²) in [7, 11) is 0. The minimum atomic E-state index is -0.527. The minimum Gasteiger partial charge on any atom is -0.396 e. The fourth-order valence-corrected chi connectivity index (χ4v) is 1.58. The molecular formula is C11H22N2O2. The maximum absolute atomic E-state index is 11.8. The van der Waals surface area contributed by atoms with Crippen LogP contribution in [0.4, 0.5) is 0 Å². The zero-order valence-corrected chi connectivity index (χ0v) is 9.89. The molecule has 3 N–H and O–H groups in total. The lowest BCUT2D eigenvalue weighted by Gasteiger charge is -2.25. The molecule has 1 rings (SSSR count). The molecule has 0 atom stereocenters. The fourth-order valence-electron chi connectivity index (χ4n) is 1.58. The molecule has 0 spiro atoms. The monoisotopic (exact) mass is 214 g/mol. The molecule has 1 amide bonds. The quantitative estimate of drug-likeness (QED) is 0.594. The van der Waals surface area contributed by atoms with E-state index in [4.69, 9.17) is 5.11 Å². The summed E-state index contributed by atoms with van der Waals surface area (Å²) in [6.07, 6.45) is 2.04. The molecule has 1 fully saturated rings. The van der Waals surface area contributed by atoms with Gasteiger partial charge >= 0.3 is 0 Å². The molecule has 4 heteroatoms. The van der Waals surface area contributed by atoms with Crippen molar-refractivity contribution in [2.24, 2.45) is 5.41 Å². The lowest BCUT2D eigenvalue weighted by Crippen LogP contribution is -2.53. The second-order valence-corrected chi connectivity index (χ2v) is 5.00. The number of carbonyl (C=O) groups excluding carboxylic acids is 1. The van der Waals surface area contributed by atoms with Crippen molar-refractivity contribution in [1.82, 2.24) is 10.6 Å². The van der Waals surface area contributed by atoms with Gasteiger partial charge in [-0.25, -0.2) is 0 Å². The number of carbonyl (C=O) groups is 1. The molecule has 0 heterocycles. The summed E-state index contributed by atoms with van der Waals surface area (Å²) in [4.78, 5) is 11.8. The summed E-state index contributed by atoms with van der Waals surface area (Å²) in [6.45, 7) is 7.25. The van der Waals surface area contributed by atoms with Crippen molar-refractivity contribution in [1.29, 1.82) is 0 Å². The van der Waals surface area contributed by atoms with Gasteiger partial charge < -0.3 is 15.7 Å². The van der Waals surface area contributed by atoms with E-state index >= 15 is 0 Å². The predicted octanol–water partition coefficient (Wildman–Crippen LogP) is 0.263. The summed E-state index contributed by atoms with van der Waals surface area (Å²) in [5.74, 6) is 0.00377. The lowest BCUT2D eigenvalue weighted by atomic mass is 10.0. The van der Waals surface area contributed by atoms with Crippen molar-refractivity contribution in [3.8, 4) is 0 Å². The highest BCUT2D eigenvalue weighted by Gasteiger charge is 2.42. The third kappa shape index (κ3) is 3.18. The average Bonchev–Trinajstić information content (AvgIpc) is 2.95. The Morgan fingerprint density at radius 2 is 2.07 bits per heavy atom. The van der Waals surface area contributed by atoms with Gasteiger partial charge in [0.25, 0.3) is 0 Å². The molecule has 0 aliphatic heterocycles. The third-order valence-corrected chi connectivity index (χ3v) is 3.10. The molecule has 0 unspecified atom stereocenters. The molecule has 0 bridgehead atoms. The number of hydrogen-bond donors (Lipinski definition) is 3. The SMILES string of the molecule is CCNC(C)(C)C(=O)NCC1(CO)CC1. The number of hydrogen-bond acceptors (Lipinski definition) is 3. The molecule has 0 radical (unpaired) electrons. The Morgan fingerprint density at radius 1 is 1.47 bits per heavy atom. The summed E-state index contributed by atoms with van der Waals surface area (Å²) in [5.41, 5.74) is -0.543. The van der Waals surface area contributed by atoms with Crippen molar-refractivity contribution in [3.05, 3.63) is 0 Å². The van der Waals surface area contributed by atoms with Crippen LogP contribution in [0.5, 0.6) is 0 Å². The summed E-state index contributed by atoms with van der Waals surface area (Å²) in [6, 6.07) is 0. The number of aliphatic hydroxyl groups excluding tert-OH is 1. The highest BCUT2D eigenvalue weighted by molar-refractivity contribution is 5.85. The van der Waals surface area contributed by atoms with E-state index < -0.39 is 5.54 Å². The van der Waals surface area contributed by atoms with E-state index in [0.717, 1.165) is 19.4 Å². The first-order valence-electron chi connectivity index (χ1n) is 5.60. The summed E-state index contributed by atoms with van der Waals surface area (Å²) >= 11 is 0. The van der Waals surface area contributed by atoms with Crippen LogP contribution in [0.2, 0.25) is 0 Å². The number of likely N-dealkylation sites (N-methyl/N-ethyl adjacent to an activating group) is 1.